The van der Waals surface area contributed by atoms with Gasteiger partial charge in [-0.05, 0) is 37.5 Å². The van der Waals surface area contributed by atoms with Crippen LogP contribution < -0.4 is 10.6 Å². The van der Waals surface area contributed by atoms with Crippen LogP contribution in [-0.2, 0) is 14.3 Å². The average molecular weight is 384 g/mol. The zero-order valence-electron chi connectivity index (χ0n) is 18.1. The monoisotopic (exact) mass is 383 g/mol. The molecule has 1 aliphatic heterocycles. The van der Waals surface area contributed by atoms with Crippen molar-refractivity contribution in [2.75, 3.05) is 13.7 Å². The van der Waals surface area contributed by atoms with Gasteiger partial charge in [-0.25, -0.2) is 9.59 Å². The van der Waals surface area contributed by atoms with Crippen LogP contribution in [0.3, 0.4) is 0 Å². The van der Waals surface area contributed by atoms with Crippen molar-refractivity contribution in [2.45, 2.75) is 73.0 Å². The maximum Gasteiger partial charge on any atom is 0.328 e. The second-order valence-corrected chi connectivity index (χ2v) is 10.6. The lowest BCUT2D eigenvalue weighted by Gasteiger charge is -2.37. The Morgan fingerprint density at radius 1 is 1.11 bits per heavy atom. The van der Waals surface area contributed by atoms with E-state index in [1.165, 1.54) is 7.11 Å². The predicted octanol–water partition coefficient (Wildman–Crippen LogP) is 2.15. The molecule has 154 valence electrons. The Bertz CT molecular complexity index is 630. The number of nitrogens with one attached hydrogen (secondary N) is 2. The van der Waals surface area contributed by atoms with Gasteiger partial charge in [-0.1, -0.05) is 34.6 Å². The highest BCUT2D eigenvalue weighted by Gasteiger charge is 2.70. The molecular formula is C20H35N3O4. The first kappa shape index (κ1) is 21.5. The highest BCUT2D eigenvalue weighted by Crippen LogP contribution is 2.65. The van der Waals surface area contributed by atoms with Gasteiger partial charge in [0.05, 0.1) is 7.11 Å². The molecule has 3 amide bonds. The van der Waals surface area contributed by atoms with Gasteiger partial charge in [0.25, 0.3) is 0 Å². The van der Waals surface area contributed by atoms with Gasteiger partial charge in [0.15, 0.2) is 0 Å². The maximum atomic E-state index is 13.4. The summed E-state index contributed by atoms with van der Waals surface area (Å²) in [6.07, 6.45) is 0. The first-order chi connectivity index (χ1) is 12.1. The van der Waals surface area contributed by atoms with E-state index in [1.807, 2.05) is 41.5 Å². The molecule has 2 rings (SSSR count). The molecule has 1 saturated heterocycles. The van der Waals surface area contributed by atoms with Gasteiger partial charge in [0.2, 0.25) is 5.91 Å². The average Bonchev–Trinajstić information content (AvgIpc) is 2.85. The number of rotatable bonds is 3. The van der Waals surface area contributed by atoms with Crippen molar-refractivity contribution in [3.63, 3.8) is 0 Å². The normalized spacial score (nSPS) is 27.4. The van der Waals surface area contributed by atoms with Crippen LogP contribution in [0.15, 0.2) is 0 Å². The summed E-state index contributed by atoms with van der Waals surface area (Å²) in [4.78, 5) is 39.8. The molecule has 0 aromatic rings. The van der Waals surface area contributed by atoms with E-state index in [9.17, 15) is 14.4 Å². The van der Waals surface area contributed by atoms with Gasteiger partial charge < -0.3 is 20.3 Å². The summed E-state index contributed by atoms with van der Waals surface area (Å²) < 4.78 is 4.98. The van der Waals surface area contributed by atoms with Crippen molar-refractivity contribution in [3.05, 3.63) is 0 Å². The van der Waals surface area contributed by atoms with E-state index < -0.39 is 29.1 Å². The fourth-order valence-electron chi connectivity index (χ4n) is 4.23. The van der Waals surface area contributed by atoms with Crippen molar-refractivity contribution < 1.29 is 19.1 Å². The Balaban J connectivity index is 2.23. The number of carbonyl (C=O) groups is 3. The fraction of sp³-hybridized carbons (Fsp3) is 0.850. The zero-order valence-corrected chi connectivity index (χ0v) is 18.1. The fourth-order valence-corrected chi connectivity index (χ4v) is 4.23. The van der Waals surface area contributed by atoms with Gasteiger partial charge in [0.1, 0.15) is 12.1 Å². The summed E-state index contributed by atoms with van der Waals surface area (Å²) in [5.74, 6) is -0.217. The number of likely N-dealkylation sites (tertiary alicyclic amines) is 1. The molecule has 0 aromatic heterocycles. The highest BCUT2D eigenvalue weighted by molar-refractivity contribution is 5.92. The molecular weight excluding hydrogens is 348 g/mol. The minimum absolute atomic E-state index is 0.0317. The van der Waals surface area contributed by atoms with Crippen LogP contribution in [0, 0.1) is 22.7 Å². The number of fused-ring (bicyclic) bond motifs is 1. The van der Waals surface area contributed by atoms with E-state index in [2.05, 4.69) is 24.5 Å². The van der Waals surface area contributed by atoms with Gasteiger partial charge >= 0.3 is 12.0 Å². The van der Waals surface area contributed by atoms with Crippen molar-refractivity contribution in [3.8, 4) is 0 Å². The summed E-state index contributed by atoms with van der Waals surface area (Å²) in [5, 5.41) is 5.66. The van der Waals surface area contributed by atoms with E-state index in [4.69, 9.17) is 4.74 Å². The molecule has 0 unspecified atom stereocenters. The van der Waals surface area contributed by atoms with Crippen LogP contribution in [0.2, 0.25) is 0 Å². The molecule has 1 saturated carbocycles. The largest absolute Gasteiger partial charge is 0.467 e. The van der Waals surface area contributed by atoms with E-state index in [-0.39, 0.29) is 29.1 Å². The zero-order chi connectivity index (χ0) is 20.9. The van der Waals surface area contributed by atoms with Crippen LogP contribution >= 0.6 is 0 Å². The van der Waals surface area contributed by atoms with Crippen molar-refractivity contribution in [2.24, 2.45) is 22.7 Å². The SMILES string of the molecule is COC(=O)[C@@H]1[C@@H]2[C@H](CN1[13C](=O)[C@@H](N[13C](=O)NC(C)(C)C)C(C)(C)C)C2(C)C. The minimum Gasteiger partial charge on any atom is -0.467 e. The molecule has 1 aliphatic carbocycles. The lowest BCUT2D eigenvalue weighted by Crippen LogP contribution is -2.60. The molecule has 1 heterocycles. The van der Waals surface area contributed by atoms with E-state index in [0.717, 1.165) is 0 Å². The summed E-state index contributed by atoms with van der Waals surface area (Å²) >= 11 is 0. The second-order valence-electron chi connectivity index (χ2n) is 10.6. The third-order valence-electron chi connectivity index (χ3n) is 5.81. The van der Waals surface area contributed by atoms with Gasteiger partial charge in [-0.15, -0.1) is 0 Å². The first-order valence-electron chi connectivity index (χ1n) is 9.58. The molecule has 27 heavy (non-hydrogen) atoms. The molecule has 2 fully saturated rings. The van der Waals surface area contributed by atoms with Gasteiger partial charge in [-0.2, -0.15) is 0 Å². The Kier molecular flexibility index (Phi) is 5.32. The molecule has 4 atom stereocenters. The number of hydrogen-bond donors (Lipinski definition) is 2. The standard InChI is InChI=1S/C20H35N3O4/c1-18(2,3)14(21-17(26)22-19(4,5)6)15(24)23-10-11-12(20(11,7)8)13(23)16(25)27-9/h11-14H,10H2,1-9H3,(H2,21,22,26)/t11-,12-,13-,14+/m0/s1/i15+1,17+1. The van der Waals surface area contributed by atoms with E-state index >= 15 is 0 Å². The molecule has 0 bridgehead atoms. The van der Waals surface area contributed by atoms with Gasteiger partial charge in [-0.3, -0.25) is 4.79 Å². The molecule has 2 aliphatic rings. The number of ether oxygens (including phenoxy) is 1. The van der Waals surface area contributed by atoms with Crippen molar-refractivity contribution in [1.29, 1.82) is 0 Å². The quantitative estimate of drug-likeness (QED) is 0.577. The number of hydrogen-bond acceptors (Lipinski definition) is 4. The lowest BCUT2D eigenvalue weighted by molar-refractivity contribution is -0.154. The Labute approximate surface area is 162 Å². The minimum atomic E-state index is -0.743. The molecule has 7 nitrogen and oxygen atoms in total. The third kappa shape index (κ3) is 4.22. The smallest absolute Gasteiger partial charge is 0.328 e. The van der Waals surface area contributed by atoms with E-state index in [1.54, 1.807) is 4.90 Å². The van der Waals surface area contributed by atoms with Crippen LogP contribution in [-0.4, -0.2) is 54.1 Å². The number of piperidine rings is 1. The molecule has 0 radical (unpaired) electrons. The Morgan fingerprint density at radius 2 is 1.67 bits per heavy atom. The Morgan fingerprint density at radius 3 is 2.11 bits per heavy atom. The van der Waals surface area contributed by atoms with Crippen LogP contribution in [0.4, 0.5) is 4.79 Å². The van der Waals surface area contributed by atoms with Gasteiger partial charge in [0, 0.05) is 18.0 Å². The predicted molar refractivity (Wildman–Crippen MR) is 103 cm³/mol. The summed E-state index contributed by atoms with van der Waals surface area (Å²) in [7, 11) is 1.35. The summed E-state index contributed by atoms with van der Waals surface area (Å²) in [6, 6.07) is -1.72. The second kappa shape index (κ2) is 6.67. The highest BCUT2D eigenvalue weighted by atomic mass is 16.5. The number of amides is 3. The number of nitrogens with zero attached hydrogens (tertiary/aromatic N) is 1. The molecule has 0 aromatic carbocycles. The number of methoxy groups -OCH3 is 1. The van der Waals surface area contributed by atoms with Crippen LogP contribution in [0.5, 0.6) is 0 Å². The molecule has 0 spiro atoms. The van der Waals surface area contributed by atoms with Crippen molar-refractivity contribution in [1.82, 2.24) is 15.5 Å². The number of esters is 1. The maximum absolute atomic E-state index is 13.4. The number of urea groups is 1. The van der Waals surface area contributed by atoms with E-state index in [0.29, 0.717) is 6.54 Å². The third-order valence-corrected chi connectivity index (χ3v) is 5.81. The lowest BCUT2D eigenvalue weighted by atomic mass is 9.90. The molecule has 7 heteroatoms. The van der Waals surface area contributed by atoms with Crippen LogP contribution in [0.1, 0.15) is 55.4 Å². The number of carbonyl (C=O) groups excluding carboxylic acids is 3. The summed E-state index contributed by atoms with van der Waals surface area (Å²) in [6.45, 7) is 16.1. The topological polar surface area (TPSA) is 87.7 Å². The first-order valence-corrected chi connectivity index (χ1v) is 9.58. The molecule has 2 N–H and O–H groups in total. The van der Waals surface area contributed by atoms with Crippen LogP contribution in [0.25, 0.3) is 0 Å². The summed E-state index contributed by atoms with van der Waals surface area (Å²) in [5.41, 5.74) is -0.886. The van der Waals surface area contributed by atoms with Crippen molar-refractivity contribution >= 4 is 17.9 Å². The Hall–Kier alpha value is -1.79.